The summed E-state index contributed by atoms with van der Waals surface area (Å²) in [5, 5.41) is 0. The van der Waals surface area contributed by atoms with Gasteiger partial charge in [0.25, 0.3) is 0 Å². The minimum absolute atomic E-state index is 0.112. The Kier molecular flexibility index (Phi) is 3.53. The highest BCUT2D eigenvalue weighted by Crippen LogP contribution is 2.27. The Bertz CT molecular complexity index is 643. The highest BCUT2D eigenvalue weighted by Gasteiger charge is 2.18. The number of ketones is 1. The van der Waals surface area contributed by atoms with Crippen LogP contribution in [0, 0.1) is 27.7 Å². The van der Waals surface area contributed by atoms with Crippen LogP contribution in [0.15, 0.2) is 24.3 Å². The smallest absolute Gasteiger partial charge is 0.197 e. The van der Waals surface area contributed by atoms with E-state index in [1.807, 2.05) is 52.0 Å². The van der Waals surface area contributed by atoms with Gasteiger partial charge in [0.15, 0.2) is 5.78 Å². The molecule has 0 radical (unpaired) electrons. The van der Waals surface area contributed by atoms with Crippen LogP contribution in [0.5, 0.6) is 0 Å². The van der Waals surface area contributed by atoms with E-state index < -0.39 is 0 Å². The first-order valence-corrected chi connectivity index (χ1v) is 6.59. The summed E-state index contributed by atoms with van der Waals surface area (Å²) in [5.74, 6) is -0.112. The highest BCUT2D eigenvalue weighted by atomic mass is 16.1. The molecule has 0 amide bonds. The number of nitrogens with two attached hydrogens (primary N) is 2. The molecule has 0 aliphatic rings. The topological polar surface area (TPSA) is 69.1 Å². The van der Waals surface area contributed by atoms with Crippen molar-refractivity contribution in [2.75, 3.05) is 11.5 Å². The fourth-order valence-electron chi connectivity index (χ4n) is 2.48. The van der Waals surface area contributed by atoms with Crippen LogP contribution in [0.4, 0.5) is 11.4 Å². The Hall–Kier alpha value is -2.29. The molecule has 2 aromatic carbocycles. The van der Waals surface area contributed by atoms with Crippen molar-refractivity contribution in [3.8, 4) is 0 Å². The molecule has 0 heterocycles. The van der Waals surface area contributed by atoms with E-state index in [0.717, 1.165) is 22.3 Å². The second-order valence-electron chi connectivity index (χ2n) is 5.42. The predicted octanol–water partition coefficient (Wildman–Crippen LogP) is 3.32. The zero-order chi connectivity index (χ0) is 15.0. The number of carbonyl (C=O) groups excluding carboxylic acids is 1. The van der Waals surface area contributed by atoms with Crippen molar-refractivity contribution in [3.05, 3.63) is 57.6 Å². The quantitative estimate of drug-likeness (QED) is 0.648. The maximum atomic E-state index is 12.7. The van der Waals surface area contributed by atoms with Gasteiger partial charge in [-0.25, -0.2) is 0 Å². The zero-order valence-electron chi connectivity index (χ0n) is 12.4. The number of hydrogen-bond donors (Lipinski definition) is 2. The Morgan fingerprint density at radius 1 is 0.750 bits per heavy atom. The van der Waals surface area contributed by atoms with Crippen LogP contribution in [-0.2, 0) is 0 Å². The number of benzene rings is 2. The molecule has 2 rings (SSSR count). The number of rotatable bonds is 2. The number of hydrogen-bond acceptors (Lipinski definition) is 3. The normalized spacial score (nSPS) is 10.6. The van der Waals surface area contributed by atoms with Gasteiger partial charge in [-0.05, 0) is 62.1 Å². The summed E-state index contributed by atoms with van der Waals surface area (Å²) in [6.07, 6.45) is 0. The lowest BCUT2D eigenvalue weighted by molar-refractivity contribution is 0.104. The Morgan fingerprint density at radius 2 is 1.10 bits per heavy atom. The Labute approximate surface area is 119 Å². The molecule has 0 spiro atoms. The third kappa shape index (κ3) is 2.39. The lowest BCUT2D eigenvalue weighted by Gasteiger charge is -2.13. The van der Waals surface area contributed by atoms with Crippen LogP contribution >= 0.6 is 0 Å². The van der Waals surface area contributed by atoms with Crippen molar-refractivity contribution in [3.63, 3.8) is 0 Å². The fourth-order valence-corrected chi connectivity index (χ4v) is 2.48. The van der Waals surface area contributed by atoms with Crippen molar-refractivity contribution in [1.82, 2.24) is 0 Å². The molecule has 104 valence electrons. The molecule has 4 N–H and O–H groups in total. The van der Waals surface area contributed by atoms with E-state index in [1.165, 1.54) is 0 Å². The summed E-state index contributed by atoms with van der Waals surface area (Å²) in [4.78, 5) is 12.7. The summed E-state index contributed by atoms with van der Waals surface area (Å²) < 4.78 is 0. The SMILES string of the molecule is Cc1cc(C)c(N)c(C(=O)c2cc(C)cc(C)c2N)c1. The van der Waals surface area contributed by atoms with Crippen molar-refractivity contribution < 1.29 is 4.79 Å². The number of nitrogen functional groups attached to an aromatic ring is 2. The van der Waals surface area contributed by atoms with E-state index in [1.54, 1.807) is 0 Å². The largest absolute Gasteiger partial charge is 0.398 e. The Morgan fingerprint density at radius 3 is 1.45 bits per heavy atom. The molecule has 3 heteroatoms. The molecule has 20 heavy (non-hydrogen) atoms. The molecule has 3 nitrogen and oxygen atoms in total. The molecule has 2 aromatic rings. The number of aryl methyl sites for hydroxylation is 4. The van der Waals surface area contributed by atoms with Crippen molar-refractivity contribution in [2.45, 2.75) is 27.7 Å². The predicted molar refractivity (Wildman–Crippen MR) is 84.1 cm³/mol. The maximum absolute atomic E-state index is 12.7. The third-order valence-electron chi connectivity index (χ3n) is 3.55. The van der Waals surface area contributed by atoms with Crippen LogP contribution in [0.3, 0.4) is 0 Å². The second kappa shape index (κ2) is 5.00. The molecule has 0 aliphatic heterocycles. The average molecular weight is 268 g/mol. The number of anilines is 2. The summed E-state index contributed by atoms with van der Waals surface area (Å²) in [6, 6.07) is 7.58. The van der Waals surface area contributed by atoms with Gasteiger partial charge in [0, 0.05) is 22.5 Å². The second-order valence-corrected chi connectivity index (χ2v) is 5.42. The van der Waals surface area contributed by atoms with Gasteiger partial charge < -0.3 is 11.5 Å². The molecule has 0 bridgehead atoms. The van der Waals surface area contributed by atoms with Crippen LogP contribution < -0.4 is 11.5 Å². The van der Waals surface area contributed by atoms with Gasteiger partial charge in [-0.1, -0.05) is 12.1 Å². The lowest BCUT2D eigenvalue weighted by Crippen LogP contribution is -2.11. The van der Waals surface area contributed by atoms with Gasteiger partial charge in [0.1, 0.15) is 0 Å². The van der Waals surface area contributed by atoms with Crippen molar-refractivity contribution in [1.29, 1.82) is 0 Å². The van der Waals surface area contributed by atoms with E-state index in [4.69, 9.17) is 11.5 Å². The first kappa shape index (κ1) is 14.1. The van der Waals surface area contributed by atoms with E-state index >= 15 is 0 Å². The first-order valence-electron chi connectivity index (χ1n) is 6.59. The molecule has 0 unspecified atom stereocenters. The van der Waals surface area contributed by atoms with Crippen LogP contribution in [0.25, 0.3) is 0 Å². The molecule has 0 atom stereocenters. The highest BCUT2D eigenvalue weighted by molar-refractivity contribution is 6.15. The van der Waals surface area contributed by atoms with Crippen LogP contribution in [0.2, 0.25) is 0 Å². The summed E-state index contributed by atoms with van der Waals surface area (Å²) in [5.41, 5.74) is 18.1. The summed E-state index contributed by atoms with van der Waals surface area (Å²) in [6.45, 7) is 7.72. The standard InChI is InChI=1S/C17H20N2O/c1-9-5-11(3)15(18)13(7-9)17(20)14-8-10(2)6-12(4)16(14)19/h5-8H,18-19H2,1-4H3. The van der Waals surface area contributed by atoms with Crippen molar-refractivity contribution >= 4 is 17.2 Å². The van der Waals surface area contributed by atoms with Gasteiger partial charge in [0.05, 0.1) is 0 Å². The van der Waals surface area contributed by atoms with Gasteiger partial charge in [-0.2, -0.15) is 0 Å². The van der Waals surface area contributed by atoms with E-state index in [2.05, 4.69) is 0 Å². The summed E-state index contributed by atoms with van der Waals surface area (Å²) in [7, 11) is 0. The molecular formula is C17H20N2O. The first-order chi connectivity index (χ1) is 9.31. The average Bonchev–Trinajstić information content (AvgIpc) is 2.37. The lowest BCUT2D eigenvalue weighted by atomic mass is 9.94. The third-order valence-corrected chi connectivity index (χ3v) is 3.55. The monoisotopic (exact) mass is 268 g/mol. The van der Waals surface area contributed by atoms with Crippen molar-refractivity contribution in [2.24, 2.45) is 0 Å². The molecule has 0 saturated carbocycles. The van der Waals surface area contributed by atoms with Gasteiger partial charge >= 0.3 is 0 Å². The molecule has 0 fully saturated rings. The Balaban J connectivity index is 2.64. The van der Waals surface area contributed by atoms with Crippen LogP contribution in [-0.4, -0.2) is 5.78 Å². The van der Waals surface area contributed by atoms with E-state index in [0.29, 0.717) is 22.5 Å². The van der Waals surface area contributed by atoms with Gasteiger partial charge in [-0.15, -0.1) is 0 Å². The molecule has 0 aliphatic carbocycles. The van der Waals surface area contributed by atoms with E-state index in [9.17, 15) is 4.79 Å². The summed E-state index contributed by atoms with van der Waals surface area (Å²) >= 11 is 0. The van der Waals surface area contributed by atoms with E-state index in [-0.39, 0.29) is 5.78 Å². The minimum Gasteiger partial charge on any atom is -0.398 e. The van der Waals surface area contributed by atoms with Gasteiger partial charge in [0.2, 0.25) is 0 Å². The fraction of sp³-hybridized carbons (Fsp3) is 0.235. The maximum Gasteiger partial charge on any atom is 0.197 e. The molecular weight excluding hydrogens is 248 g/mol. The van der Waals surface area contributed by atoms with Gasteiger partial charge in [-0.3, -0.25) is 4.79 Å². The molecule has 0 saturated heterocycles. The molecule has 0 aromatic heterocycles. The number of carbonyl (C=O) groups is 1. The minimum atomic E-state index is -0.112. The zero-order valence-corrected chi connectivity index (χ0v) is 12.4. The van der Waals surface area contributed by atoms with Crippen LogP contribution in [0.1, 0.15) is 38.2 Å².